The highest BCUT2D eigenvalue weighted by atomic mass is 35.5. The summed E-state index contributed by atoms with van der Waals surface area (Å²) < 4.78 is 0. The van der Waals surface area contributed by atoms with Gasteiger partial charge < -0.3 is 5.11 Å². The summed E-state index contributed by atoms with van der Waals surface area (Å²) in [6, 6.07) is 0. The first-order valence-corrected chi connectivity index (χ1v) is 11.5. The molecule has 0 saturated heterocycles. The number of alkyl halides is 1. The van der Waals surface area contributed by atoms with E-state index in [2.05, 4.69) is 0 Å². The Hall–Kier alpha value is -0.240. The first-order chi connectivity index (χ1) is 12.2. The average molecular weight is 373 g/mol. The second kappa shape index (κ2) is 16.0. The zero-order chi connectivity index (χ0) is 18.2. The minimum atomic E-state index is -0.879. The van der Waals surface area contributed by atoms with Gasteiger partial charge in [-0.3, -0.25) is 4.79 Å². The maximum absolute atomic E-state index is 10.6. The zero-order valence-corrected chi connectivity index (χ0v) is 17.1. The fraction of sp³-hybridized carbons (Fsp3) is 0.955. The van der Waals surface area contributed by atoms with Gasteiger partial charge in [0.1, 0.15) is 5.38 Å². The summed E-state index contributed by atoms with van der Waals surface area (Å²) in [5.41, 5.74) is 0. The van der Waals surface area contributed by atoms with E-state index in [1.807, 2.05) is 0 Å². The maximum Gasteiger partial charge on any atom is 0.321 e. The van der Waals surface area contributed by atoms with Gasteiger partial charge in [0, 0.05) is 0 Å². The molecule has 1 N–H and O–H groups in total. The standard InChI is InChI=1S/C22H41ClO2/c23-21(22(24)25)19-15-10-8-6-4-2-1-3-5-7-9-12-16-20-17-13-11-14-18-20/h20-21H,1-19H2,(H,24,25). The molecule has 0 aromatic heterocycles. The number of aliphatic carboxylic acids is 1. The van der Waals surface area contributed by atoms with E-state index in [1.165, 1.54) is 103 Å². The molecular formula is C22H41ClO2. The molecule has 0 aliphatic heterocycles. The molecule has 1 rings (SSSR count). The summed E-state index contributed by atoms with van der Waals surface area (Å²) in [6.07, 6.45) is 25.5. The Balaban J connectivity index is 1.71. The van der Waals surface area contributed by atoms with E-state index in [9.17, 15) is 4.79 Å². The second-order valence-corrected chi connectivity index (χ2v) is 8.66. The molecule has 1 aliphatic carbocycles. The van der Waals surface area contributed by atoms with Crippen molar-refractivity contribution in [2.45, 2.75) is 127 Å². The van der Waals surface area contributed by atoms with E-state index < -0.39 is 11.3 Å². The summed E-state index contributed by atoms with van der Waals surface area (Å²) in [7, 11) is 0. The van der Waals surface area contributed by atoms with Crippen molar-refractivity contribution < 1.29 is 9.90 Å². The fourth-order valence-electron chi connectivity index (χ4n) is 4.12. The van der Waals surface area contributed by atoms with E-state index in [0.29, 0.717) is 6.42 Å². The summed E-state index contributed by atoms with van der Waals surface area (Å²) in [5.74, 6) is 0.184. The van der Waals surface area contributed by atoms with Gasteiger partial charge >= 0.3 is 5.97 Å². The number of unbranched alkanes of at least 4 members (excludes halogenated alkanes) is 11. The molecular weight excluding hydrogens is 332 g/mol. The van der Waals surface area contributed by atoms with Crippen LogP contribution in [-0.4, -0.2) is 16.5 Å². The first kappa shape index (κ1) is 22.8. The normalized spacial score (nSPS) is 16.8. The second-order valence-electron chi connectivity index (χ2n) is 8.13. The molecule has 3 heteroatoms. The lowest BCUT2D eigenvalue weighted by atomic mass is 9.85. The van der Waals surface area contributed by atoms with Gasteiger partial charge in [-0.2, -0.15) is 0 Å². The fourth-order valence-corrected chi connectivity index (χ4v) is 4.28. The molecule has 0 amide bonds. The van der Waals surface area contributed by atoms with Crippen LogP contribution in [-0.2, 0) is 4.79 Å². The van der Waals surface area contributed by atoms with E-state index >= 15 is 0 Å². The van der Waals surface area contributed by atoms with Crippen molar-refractivity contribution in [3.63, 3.8) is 0 Å². The summed E-state index contributed by atoms with van der Waals surface area (Å²) in [5, 5.41) is 8.01. The van der Waals surface area contributed by atoms with Crippen LogP contribution in [0.25, 0.3) is 0 Å². The van der Waals surface area contributed by atoms with Gasteiger partial charge in [-0.1, -0.05) is 116 Å². The first-order valence-electron chi connectivity index (χ1n) is 11.1. The molecule has 1 saturated carbocycles. The van der Waals surface area contributed by atoms with Crippen LogP contribution in [0.1, 0.15) is 122 Å². The monoisotopic (exact) mass is 372 g/mol. The molecule has 1 aliphatic rings. The van der Waals surface area contributed by atoms with Gasteiger partial charge in [0.05, 0.1) is 0 Å². The van der Waals surface area contributed by atoms with E-state index in [-0.39, 0.29) is 0 Å². The molecule has 148 valence electrons. The van der Waals surface area contributed by atoms with Crippen molar-refractivity contribution >= 4 is 17.6 Å². The number of hydrogen-bond donors (Lipinski definition) is 1. The van der Waals surface area contributed by atoms with Gasteiger partial charge in [0.2, 0.25) is 0 Å². The molecule has 0 bridgehead atoms. The lowest BCUT2D eigenvalue weighted by molar-refractivity contribution is -0.136. The Labute approximate surface area is 161 Å². The van der Waals surface area contributed by atoms with Crippen LogP contribution in [0.2, 0.25) is 0 Å². The van der Waals surface area contributed by atoms with Crippen molar-refractivity contribution in [1.29, 1.82) is 0 Å². The highest BCUT2D eigenvalue weighted by Crippen LogP contribution is 2.28. The lowest BCUT2D eigenvalue weighted by Gasteiger charge is -2.21. The van der Waals surface area contributed by atoms with Gasteiger partial charge in [-0.05, 0) is 12.3 Å². The Bertz CT molecular complexity index is 313. The van der Waals surface area contributed by atoms with Crippen LogP contribution in [0.3, 0.4) is 0 Å². The van der Waals surface area contributed by atoms with Crippen LogP contribution in [0.5, 0.6) is 0 Å². The van der Waals surface area contributed by atoms with Crippen LogP contribution in [0.15, 0.2) is 0 Å². The topological polar surface area (TPSA) is 37.3 Å². The van der Waals surface area contributed by atoms with Crippen molar-refractivity contribution in [1.82, 2.24) is 0 Å². The molecule has 1 unspecified atom stereocenters. The largest absolute Gasteiger partial charge is 0.480 e. The van der Waals surface area contributed by atoms with Crippen LogP contribution < -0.4 is 0 Å². The molecule has 2 nitrogen and oxygen atoms in total. The summed E-state index contributed by atoms with van der Waals surface area (Å²) in [6.45, 7) is 0. The number of halogens is 1. The molecule has 0 aromatic carbocycles. The number of rotatable bonds is 16. The third-order valence-corrected chi connectivity index (χ3v) is 6.22. The smallest absolute Gasteiger partial charge is 0.321 e. The van der Waals surface area contributed by atoms with Crippen LogP contribution in [0.4, 0.5) is 0 Å². The zero-order valence-electron chi connectivity index (χ0n) is 16.3. The highest BCUT2D eigenvalue weighted by Gasteiger charge is 2.12. The highest BCUT2D eigenvalue weighted by molar-refractivity contribution is 6.29. The number of carbonyl (C=O) groups is 1. The van der Waals surface area contributed by atoms with Crippen molar-refractivity contribution in [3.8, 4) is 0 Å². The molecule has 25 heavy (non-hydrogen) atoms. The summed E-state index contributed by atoms with van der Waals surface area (Å²) >= 11 is 5.70. The number of carboxylic acid groups (broad SMARTS) is 1. The van der Waals surface area contributed by atoms with Gasteiger partial charge in [0.25, 0.3) is 0 Å². The van der Waals surface area contributed by atoms with Gasteiger partial charge in [-0.25, -0.2) is 0 Å². The third kappa shape index (κ3) is 13.6. The van der Waals surface area contributed by atoms with Crippen LogP contribution >= 0.6 is 11.6 Å². The predicted octanol–water partition coefficient (Wildman–Crippen LogP) is 7.72. The quantitative estimate of drug-likeness (QED) is 0.222. The minimum Gasteiger partial charge on any atom is -0.480 e. The van der Waals surface area contributed by atoms with Crippen LogP contribution in [0, 0.1) is 5.92 Å². The van der Waals surface area contributed by atoms with E-state index in [1.54, 1.807) is 0 Å². The number of carboxylic acids is 1. The van der Waals surface area contributed by atoms with Crippen molar-refractivity contribution in [2.24, 2.45) is 5.92 Å². The van der Waals surface area contributed by atoms with E-state index in [4.69, 9.17) is 16.7 Å². The Kier molecular flexibility index (Phi) is 14.6. The molecule has 1 fully saturated rings. The average Bonchev–Trinajstić information content (AvgIpc) is 2.62. The molecule has 1 atom stereocenters. The van der Waals surface area contributed by atoms with Crippen molar-refractivity contribution in [3.05, 3.63) is 0 Å². The predicted molar refractivity (Wildman–Crippen MR) is 108 cm³/mol. The lowest BCUT2D eigenvalue weighted by Crippen LogP contribution is -2.12. The summed E-state index contributed by atoms with van der Waals surface area (Å²) in [4.78, 5) is 10.6. The van der Waals surface area contributed by atoms with Gasteiger partial charge in [0.15, 0.2) is 0 Å². The third-order valence-electron chi connectivity index (χ3n) is 5.81. The maximum atomic E-state index is 10.6. The van der Waals surface area contributed by atoms with Gasteiger partial charge in [-0.15, -0.1) is 11.6 Å². The molecule has 0 heterocycles. The number of hydrogen-bond acceptors (Lipinski definition) is 1. The van der Waals surface area contributed by atoms with E-state index in [0.717, 1.165) is 18.8 Å². The Morgan fingerprint density at radius 2 is 1.20 bits per heavy atom. The Morgan fingerprint density at radius 1 is 0.760 bits per heavy atom. The minimum absolute atomic E-state index is 0.609. The molecule has 0 radical (unpaired) electrons. The van der Waals surface area contributed by atoms with Crippen molar-refractivity contribution in [2.75, 3.05) is 0 Å². The molecule has 0 aromatic rings. The SMILES string of the molecule is O=C(O)C(Cl)CCCCCCCCCCCCCCC1CCCCC1. The Morgan fingerprint density at radius 3 is 1.68 bits per heavy atom. The molecule has 0 spiro atoms.